The number of ether oxygens (including phenoxy) is 2. The molecule has 16 heavy (non-hydrogen) atoms. The van der Waals surface area contributed by atoms with Gasteiger partial charge in [-0.2, -0.15) is 10.5 Å². The van der Waals surface area contributed by atoms with E-state index in [0.717, 1.165) is 0 Å². The largest absolute Gasteiger partial charge is 0.386 e. The van der Waals surface area contributed by atoms with E-state index < -0.39 is 16.7 Å². The number of amidine groups is 1. The minimum Gasteiger partial charge on any atom is -0.386 e. The van der Waals surface area contributed by atoms with Crippen molar-refractivity contribution >= 4 is 5.84 Å². The third kappa shape index (κ3) is 0.683. The van der Waals surface area contributed by atoms with Crippen molar-refractivity contribution in [1.82, 2.24) is 0 Å². The summed E-state index contributed by atoms with van der Waals surface area (Å²) < 4.78 is 11.1. The zero-order chi connectivity index (χ0) is 11.6. The summed E-state index contributed by atoms with van der Waals surface area (Å²) in [5.41, 5.74) is 3.68. The summed E-state index contributed by atoms with van der Waals surface area (Å²) in [5.74, 6) is -1.19. The number of fused-ring (bicyclic) bond motifs is 2. The molecule has 6 nitrogen and oxygen atoms in total. The Morgan fingerprint density at radius 1 is 1.50 bits per heavy atom. The molecule has 3 aliphatic rings. The van der Waals surface area contributed by atoms with Gasteiger partial charge < -0.3 is 15.2 Å². The van der Waals surface area contributed by atoms with Crippen LogP contribution in [0, 0.1) is 33.5 Å². The van der Waals surface area contributed by atoms with Gasteiger partial charge in [0, 0.05) is 6.42 Å². The standard InChI is InChI=1S/C10H10N4O2/c1-6-2-15-10(16-6)9(5-12)3-8(9,4-11)7(13)14-10/h6H,2-3H2,1H3,(H2,13,14)/t6-,8-,9-,10-/m0/s1. The first-order valence-corrected chi connectivity index (χ1v) is 5.06. The van der Waals surface area contributed by atoms with Crippen molar-refractivity contribution in [2.24, 2.45) is 21.6 Å². The zero-order valence-electron chi connectivity index (χ0n) is 8.73. The van der Waals surface area contributed by atoms with Gasteiger partial charge in [0.25, 0.3) is 5.91 Å². The topological polar surface area (TPSA) is 104 Å². The number of nitrogens with zero attached hydrogens (tertiary/aromatic N) is 3. The maximum Gasteiger partial charge on any atom is 0.293 e. The molecule has 1 aliphatic carbocycles. The molecule has 2 fully saturated rings. The molecule has 0 radical (unpaired) electrons. The van der Waals surface area contributed by atoms with Gasteiger partial charge in [-0.3, -0.25) is 0 Å². The highest BCUT2D eigenvalue weighted by molar-refractivity contribution is 5.97. The Balaban J connectivity index is 2.13. The van der Waals surface area contributed by atoms with Crippen LogP contribution in [-0.2, 0) is 9.47 Å². The van der Waals surface area contributed by atoms with E-state index >= 15 is 0 Å². The monoisotopic (exact) mass is 218 g/mol. The van der Waals surface area contributed by atoms with Crippen LogP contribution < -0.4 is 5.73 Å². The molecule has 1 spiro atoms. The molecule has 0 aromatic carbocycles. The van der Waals surface area contributed by atoms with E-state index in [0.29, 0.717) is 13.0 Å². The van der Waals surface area contributed by atoms with E-state index in [9.17, 15) is 10.5 Å². The van der Waals surface area contributed by atoms with Crippen molar-refractivity contribution in [3.63, 3.8) is 0 Å². The summed E-state index contributed by atoms with van der Waals surface area (Å²) >= 11 is 0. The van der Waals surface area contributed by atoms with Crippen LogP contribution in [0.3, 0.4) is 0 Å². The van der Waals surface area contributed by atoms with Gasteiger partial charge in [0.05, 0.1) is 24.8 Å². The van der Waals surface area contributed by atoms with E-state index in [1.165, 1.54) is 0 Å². The third-order valence-corrected chi connectivity index (χ3v) is 3.63. The lowest BCUT2D eigenvalue weighted by Gasteiger charge is -2.24. The molecule has 0 amide bonds. The summed E-state index contributed by atoms with van der Waals surface area (Å²) in [6.07, 6.45) is 0.201. The van der Waals surface area contributed by atoms with Crippen molar-refractivity contribution in [1.29, 1.82) is 10.5 Å². The van der Waals surface area contributed by atoms with Gasteiger partial charge in [-0.1, -0.05) is 0 Å². The Kier molecular flexibility index (Phi) is 1.42. The molecule has 0 aromatic heterocycles. The lowest BCUT2D eigenvalue weighted by atomic mass is 9.94. The number of nitrogens with two attached hydrogens (primary N) is 1. The molecule has 0 bridgehead atoms. The van der Waals surface area contributed by atoms with Crippen molar-refractivity contribution < 1.29 is 9.47 Å². The SMILES string of the molecule is C[C@H]1CO[C@]2(N=C(N)[C@@]3(C#N)C[C@@]23C#N)O1. The lowest BCUT2D eigenvalue weighted by Crippen LogP contribution is -2.38. The highest BCUT2D eigenvalue weighted by Gasteiger charge is 2.87. The molecule has 2 N–H and O–H groups in total. The van der Waals surface area contributed by atoms with Gasteiger partial charge in [0.1, 0.15) is 11.3 Å². The van der Waals surface area contributed by atoms with E-state index in [2.05, 4.69) is 17.1 Å². The molecular weight excluding hydrogens is 208 g/mol. The van der Waals surface area contributed by atoms with Crippen LogP contribution in [0.1, 0.15) is 13.3 Å². The van der Waals surface area contributed by atoms with Crippen molar-refractivity contribution in [3.8, 4) is 12.1 Å². The van der Waals surface area contributed by atoms with E-state index in [1.54, 1.807) is 0 Å². The smallest absolute Gasteiger partial charge is 0.293 e. The maximum absolute atomic E-state index is 9.30. The average Bonchev–Trinajstić information content (AvgIpc) is 2.78. The number of hydrogen-bond acceptors (Lipinski definition) is 6. The molecule has 1 saturated carbocycles. The Morgan fingerprint density at radius 3 is 2.69 bits per heavy atom. The van der Waals surface area contributed by atoms with Crippen LogP contribution in [-0.4, -0.2) is 24.5 Å². The second kappa shape index (κ2) is 2.37. The molecule has 3 rings (SSSR count). The molecule has 82 valence electrons. The summed E-state index contributed by atoms with van der Waals surface area (Å²) in [6, 6.07) is 4.21. The Morgan fingerprint density at radius 2 is 2.25 bits per heavy atom. The lowest BCUT2D eigenvalue weighted by molar-refractivity contribution is -0.191. The third-order valence-electron chi connectivity index (χ3n) is 3.63. The van der Waals surface area contributed by atoms with E-state index in [1.807, 2.05) is 6.92 Å². The van der Waals surface area contributed by atoms with Crippen LogP contribution >= 0.6 is 0 Å². The van der Waals surface area contributed by atoms with Crippen LogP contribution in [0.4, 0.5) is 0 Å². The summed E-state index contributed by atoms with van der Waals surface area (Å²) in [5, 5.41) is 18.5. The zero-order valence-corrected chi connectivity index (χ0v) is 8.73. The highest BCUT2D eigenvalue weighted by atomic mass is 16.8. The van der Waals surface area contributed by atoms with Gasteiger partial charge in [0.15, 0.2) is 5.41 Å². The van der Waals surface area contributed by atoms with Gasteiger partial charge in [0.2, 0.25) is 0 Å². The predicted molar refractivity (Wildman–Crippen MR) is 51.6 cm³/mol. The summed E-state index contributed by atoms with van der Waals surface area (Å²) in [6.45, 7) is 2.20. The highest BCUT2D eigenvalue weighted by Crippen LogP contribution is 2.74. The van der Waals surface area contributed by atoms with Gasteiger partial charge in [-0.25, -0.2) is 4.99 Å². The minimum absolute atomic E-state index is 0.142. The van der Waals surface area contributed by atoms with Crippen molar-refractivity contribution in [2.45, 2.75) is 25.4 Å². The molecule has 0 unspecified atom stereocenters. The fourth-order valence-corrected chi connectivity index (χ4v) is 2.64. The predicted octanol–water partition coefficient (Wildman–Crippen LogP) is -0.130. The molecule has 4 atom stereocenters. The first kappa shape index (κ1) is 9.59. The van der Waals surface area contributed by atoms with Gasteiger partial charge in [-0.05, 0) is 6.92 Å². The second-order valence-electron chi connectivity index (χ2n) is 4.53. The number of nitriles is 2. The Hall–Kier alpha value is -1.63. The summed E-state index contributed by atoms with van der Waals surface area (Å²) in [7, 11) is 0. The molecule has 2 aliphatic heterocycles. The maximum atomic E-state index is 9.30. The van der Waals surface area contributed by atoms with Gasteiger partial charge >= 0.3 is 0 Å². The normalized spacial score (nSPS) is 52.9. The fraction of sp³-hybridized carbons (Fsp3) is 0.700. The number of aliphatic imine (C=N–C) groups is 1. The summed E-state index contributed by atoms with van der Waals surface area (Å²) in [4.78, 5) is 4.09. The van der Waals surface area contributed by atoms with Crippen LogP contribution in [0.5, 0.6) is 0 Å². The van der Waals surface area contributed by atoms with Crippen molar-refractivity contribution in [2.75, 3.05) is 6.61 Å². The number of rotatable bonds is 0. The second-order valence-corrected chi connectivity index (χ2v) is 4.53. The Labute approximate surface area is 92.3 Å². The quantitative estimate of drug-likeness (QED) is 0.609. The van der Waals surface area contributed by atoms with Crippen molar-refractivity contribution in [3.05, 3.63) is 0 Å². The van der Waals surface area contributed by atoms with Gasteiger partial charge in [-0.15, -0.1) is 0 Å². The van der Waals surface area contributed by atoms with E-state index in [-0.39, 0.29) is 11.9 Å². The molecular formula is C10H10N4O2. The molecule has 1 saturated heterocycles. The molecule has 0 aromatic rings. The number of hydrogen-bond donors (Lipinski definition) is 1. The molecule has 2 heterocycles. The first-order chi connectivity index (χ1) is 7.56. The van der Waals surface area contributed by atoms with Crippen LogP contribution in [0.15, 0.2) is 4.99 Å². The van der Waals surface area contributed by atoms with Crippen LogP contribution in [0.25, 0.3) is 0 Å². The fourth-order valence-electron chi connectivity index (χ4n) is 2.64. The average molecular weight is 218 g/mol. The van der Waals surface area contributed by atoms with Crippen LogP contribution in [0.2, 0.25) is 0 Å². The molecule has 6 heteroatoms. The van der Waals surface area contributed by atoms with E-state index in [4.69, 9.17) is 15.2 Å². The Bertz CT molecular complexity index is 490. The minimum atomic E-state index is -1.35. The first-order valence-electron chi connectivity index (χ1n) is 5.06.